The van der Waals surface area contributed by atoms with Crippen LogP contribution in [0.2, 0.25) is 10.0 Å². The number of hydrogen-bond donors (Lipinski definition) is 2. The Morgan fingerprint density at radius 1 is 1.05 bits per heavy atom. The lowest BCUT2D eigenvalue weighted by atomic mass is 10.2. The van der Waals surface area contributed by atoms with E-state index < -0.39 is 6.04 Å². The van der Waals surface area contributed by atoms with Crippen LogP contribution in [-0.2, 0) is 4.79 Å². The topological polar surface area (TPSA) is 41.1 Å². The Balaban J connectivity index is 2.00. The van der Waals surface area contributed by atoms with Crippen molar-refractivity contribution in [2.75, 3.05) is 10.6 Å². The van der Waals surface area contributed by atoms with Crippen LogP contribution >= 0.6 is 23.2 Å². The van der Waals surface area contributed by atoms with Crippen molar-refractivity contribution in [2.24, 2.45) is 0 Å². The number of amides is 1. The molecule has 21 heavy (non-hydrogen) atoms. The Bertz CT molecular complexity index is 626. The number of nitrogens with one attached hydrogen (secondary N) is 2. The summed E-state index contributed by atoms with van der Waals surface area (Å²) in [4.78, 5) is 12.1. The van der Waals surface area contributed by atoms with Crippen molar-refractivity contribution in [3.8, 4) is 0 Å². The lowest BCUT2D eigenvalue weighted by molar-refractivity contribution is -0.116. The molecule has 0 heterocycles. The molecule has 0 unspecified atom stereocenters. The second-order valence-electron chi connectivity index (χ2n) is 4.52. The van der Waals surface area contributed by atoms with Gasteiger partial charge in [-0.3, -0.25) is 4.79 Å². The molecule has 2 aromatic carbocycles. The van der Waals surface area contributed by atoms with Gasteiger partial charge in [0.1, 0.15) is 11.9 Å². The van der Waals surface area contributed by atoms with Crippen molar-refractivity contribution in [1.29, 1.82) is 0 Å². The molecule has 0 aliphatic heterocycles. The first kappa shape index (κ1) is 15.6. The van der Waals surface area contributed by atoms with E-state index in [1.807, 2.05) is 0 Å². The molecule has 2 aromatic rings. The predicted molar refractivity (Wildman–Crippen MR) is 84.6 cm³/mol. The molecule has 0 aliphatic rings. The van der Waals surface area contributed by atoms with E-state index in [9.17, 15) is 9.18 Å². The zero-order valence-corrected chi connectivity index (χ0v) is 12.7. The molecule has 0 bridgehead atoms. The van der Waals surface area contributed by atoms with Crippen LogP contribution in [0, 0.1) is 5.82 Å². The van der Waals surface area contributed by atoms with E-state index in [1.54, 1.807) is 37.3 Å². The zero-order chi connectivity index (χ0) is 15.4. The van der Waals surface area contributed by atoms with Crippen molar-refractivity contribution >= 4 is 40.5 Å². The predicted octanol–water partition coefficient (Wildman–Crippen LogP) is 4.57. The minimum absolute atomic E-state index is 0.252. The third-order valence-corrected chi connectivity index (χ3v) is 3.19. The molecule has 0 spiro atoms. The van der Waals surface area contributed by atoms with Crippen molar-refractivity contribution in [3.05, 3.63) is 58.3 Å². The summed E-state index contributed by atoms with van der Waals surface area (Å²) >= 11 is 11.7. The van der Waals surface area contributed by atoms with Gasteiger partial charge in [0.2, 0.25) is 5.91 Å². The quantitative estimate of drug-likeness (QED) is 0.863. The summed E-state index contributed by atoms with van der Waals surface area (Å²) in [5.74, 6) is -0.580. The van der Waals surface area contributed by atoms with Gasteiger partial charge in [-0.15, -0.1) is 0 Å². The zero-order valence-electron chi connectivity index (χ0n) is 11.2. The molecular weight excluding hydrogens is 314 g/mol. The normalized spacial score (nSPS) is 11.8. The first-order chi connectivity index (χ1) is 9.94. The summed E-state index contributed by atoms with van der Waals surface area (Å²) in [6.45, 7) is 1.70. The molecule has 2 rings (SSSR count). The monoisotopic (exact) mass is 326 g/mol. The lowest BCUT2D eigenvalue weighted by Gasteiger charge is -2.15. The molecule has 0 saturated heterocycles. The number of carbonyl (C=O) groups is 1. The summed E-state index contributed by atoms with van der Waals surface area (Å²) in [5.41, 5.74) is 1.17. The summed E-state index contributed by atoms with van der Waals surface area (Å²) in [5, 5.41) is 6.57. The van der Waals surface area contributed by atoms with E-state index in [4.69, 9.17) is 23.2 Å². The molecule has 1 atom stereocenters. The van der Waals surface area contributed by atoms with Gasteiger partial charge in [-0.25, -0.2) is 4.39 Å². The van der Waals surface area contributed by atoms with Crippen LogP contribution in [-0.4, -0.2) is 11.9 Å². The van der Waals surface area contributed by atoms with Gasteiger partial charge < -0.3 is 10.6 Å². The molecule has 0 saturated carbocycles. The first-order valence-corrected chi connectivity index (χ1v) is 6.99. The summed E-state index contributed by atoms with van der Waals surface area (Å²) in [6.07, 6.45) is 0. The molecule has 0 aliphatic carbocycles. The fourth-order valence-corrected chi connectivity index (χ4v) is 2.26. The average Bonchev–Trinajstić information content (AvgIpc) is 2.40. The van der Waals surface area contributed by atoms with E-state index in [0.29, 0.717) is 21.4 Å². The minimum atomic E-state index is -0.506. The smallest absolute Gasteiger partial charge is 0.246 e. The van der Waals surface area contributed by atoms with Gasteiger partial charge in [-0.2, -0.15) is 0 Å². The molecule has 0 radical (unpaired) electrons. The van der Waals surface area contributed by atoms with Crippen molar-refractivity contribution in [1.82, 2.24) is 0 Å². The van der Waals surface area contributed by atoms with Gasteiger partial charge >= 0.3 is 0 Å². The second kappa shape index (κ2) is 6.78. The van der Waals surface area contributed by atoms with Crippen molar-refractivity contribution in [2.45, 2.75) is 13.0 Å². The summed E-state index contributed by atoms with van der Waals surface area (Å²) < 4.78 is 12.8. The SMILES string of the molecule is C[C@@H](Nc1ccc(F)cc1)C(=O)Nc1cc(Cl)cc(Cl)c1. The van der Waals surface area contributed by atoms with E-state index in [1.165, 1.54) is 12.1 Å². The summed E-state index contributed by atoms with van der Waals surface area (Å²) in [7, 11) is 0. The number of carbonyl (C=O) groups excluding carboxylic acids is 1. The standard InChI is InChI=1S/C15H13Cl2FN2O/c1-9(19-13-4-2-12(18)3-5-13)15(21)20-14-7-10(16)6-11(17)8-14/h2-9,19H,1H3,(H,20,21)/t9-/m1/s1. The largest absolute Gasteiger partial charge is 0.374 e. The molecule has 3 nitrogen and oxygen atoms in total. The van der Waals surface area contributed by atoms with Crippen LogP contribution in [0.1, 0.15) is 6.92 Å². The Morgan fingerprint density at radius 2 is 1.62 bits per heavy atom. The Morgan fingerprint density at radius 3 is 2.19 bits per heavy atom. The van der Waals surface area contributed by atoms with Crippen LogP contribution < -0.4 is 10.6 Å². The Kier molecular flexibility index (Phi) is 5.04. The molecule has 110 valence electrons. The van der Waals surface area contributed by atoms with Gasteiger partial charge in [-0.1, -0.05) is 23.2 Å². The van der Waals surface area contributed by atoms with Crippen molar-refractivity contribution < 1.29 is 9.18 Å². The molecule has 1 amide bonds. The molecule has 0 fully saturated rings. The lowest BCUT2D eigenvalue weighted by Crippen LogP contribution is -2.31. The van der Waals surface area contributed by atoms with Gasteiger partial charge in [0.25, 0.3) is 0 Å². The molecule has 6 heteroatoms. The van der Waals surface area contributed by atoms with Gasteiger partial charge in [0.05, 0.1) is 0 Å². The third-order valence-electron chi connectivity index (χ3n) is 2.75. The van der Waals surface area contributed by atoms with Crippen LogP contribution in [0.25, 0.3) is 0 Å². The fraction of sp³-hybridized carbons (Fsp3) is 0.133. The fourth-order valence-electron chi connectivity index (χ4n) is 1.74. The molecule has 0 aromatic heterocycles. The highest BCUT2D eigenvalue weighted by Gasteiger charge is 2.13. The number of anilines is 2. The highest BCUT2D eigenvalue weighted by atomic mass is 35.5. The minimum Gasteiger partial charge on any atom is -0.374 e. The molecule has 2 N–H and O–H groups in total. The Labute approximate surface area is 132 Å². The van der Waals surface area contributed by atoms with Crippen LogP contribution in [0.3, 0.4) is 0 Å². The van der Waals surface area contributed by atoms with Gasteiger partial charge in [0, 0.05) is 21.4 Å². The van der Waals surface area contributed by atoms with Crippen LogP contribution in [0.15, 0.2) is 42.5 Å². The third kappa shape index (κ3) is 4.62. The van der Waals surface area contributed by atoms with Crippen LogP contribution in [0.4, 0.5) is 15.8 Å². The number of halogens is 3. The molecular formula is C15H13Cl2FN2O. The van der Waals surface area contributed by atoms with Gasteiger partial charge in [0.15, 0.2) is 0 Å². The summed E-state index contributed by atoms with van der Waals surface area (Å²) in [6, 6.07) is 10.1. The highest BCUT2D eigenvalue weighted by Crippen LogP contribution is 2.22. The van der Waals surface area contributed by atoms with E-state index >= 15 is 0 Å². The number of hydrogen-bond acceptors (Lipinski definition) is 2. The average molecular weight is 327 g/mol. The van der Waals surface area contributed by atoms with E-state index in [2.05, 4.69) is 10.6 Å². The maximum atomic E-state index is 12.8. The highest BCUT2D eigenvalue weighted by molar-refractivity contribution is 6.35. The maximum Gasteiger partial charge on any atom is 0.246 e. The van der Waals surface area contributed by atoms with Crippen molar-refractivity contribution in [3.63, 3.8) is 0 Å². The van der Waals surface area contributed by atoms with Crippen LogP contribution in [0.5, 0.6) is 0 Å². The second-order valence-corrected chi connectivity index (χ2v) is 5.39. The van der Waals surface area contributed by atoms with Gasteiger partial charge in [-0.05, 0) is 49.4 Å². The number of rotatable bonds is 4. The van der Waals surface area contributed by atoms with E-state index in [-0.39, 0.29) is 11.7 Å². The number of benzene rings is 2. The first-order valence-electron chi connectivity index (χ1n) is 6.23. The maximum absolute atomic E-state index is 12.8. The Hall–Kier alpha value is -1.78. The van der Waals surface area contributed by atoms with E-state index in [0.717, 1.165) is 0 Å².